The normalized spacial score (nSPS) is 21.6. The summed E-state index contributed by atoms with van der Waals surface area (Å²) in [5.41, 5.74) is 5.65. The van der Waals surface area contributed by atoms with Crippen molar-refractivity contribution in [1.82, 2.24) is 20.5 Å². The molecular formula is C39H50N6O. The Bertz CT molecular complexity index is 1630. The van der Waals surface area contributed by atoms with Gasteiger partial charge in [0.15, 0.2) is 5.57 Å². The summed E-state index contributed by atoms with van der Waals surface area (Å²) in [5.74, 6) is 2.61. The van der Waals surface area contributed by atoms with Gasteiger partial charge in [0.25, 0.3) is 0 Å². The van der Waals surface area contributed by atoms with Crippen LogP contribution in [0.4, 0.5) is 0 Å². The third-order valence-electron chi connectivity index (χ3n) is 10.1. The van der Waals surface area contributed by atoms with Crippen molar-refractivity contribution in [3.8, 4) is 17.9 Å². The largest absolute Gasteiger partial charge is 0.497 e. The summed E-state index contributed by atoms with van der Waals surface area (Å²) in [5, 5.41) is 28.6. The number of nitrogens with one attached hydrogen (secondary N) is 2. The predicted octanol–water partition coefficient (Wildman–Crippen LogP) is 7.64. The second-order valence-corrected chi connectivity index (χ2v) is 15.2. The van der Waals surface area contributed by atoms with Gasteiger partial charge in [-0.25, -0.2) is 0 Å². The first-order valence-corrected chi connectivity index (χ1v) is 16.7. The minimum Gasteiger partial charge on any atom is -0.497 e. The molecule has 1 aromatic heterocycles. The number of piperidine rings is 3. The summed E-state index contributed by atoms with van der Waals surface area (Å²) in [4.78, 5) is 7.29. The van der Waals surface area contributed by atoms with Gasteiger partial charge >= 0.3 is 0 Å². The number of nitriles is 2. The molecule has 5 atom stereocenters. The van der Waals surface area contributed by atoms with Crippen LogP contribution >= 0.6 is 0 Å². The zero-order valence-electron chi connectivity index (χ0n) is 28.9. The second kappa shape index (κ2) is 13.3. The van der Waals surface area contributed by atoms with Gasteiger partial charge in [0.05, 0.1) is 18.7 Å². The van der Waals surface area contributed by atoms with Crippen LogP contribution in [0.2, 0.25) is 0 Å². The third-order valence-corrected chi connectivity index (χ3v) is 10.1. The maximum atomic E-state index is 10.2. The van der Waals surface area contributed by atoms with Crippen molar-refractivity contribution in [2.24, 2.45) is 11.8 Å². The number of hydrogen-bond donors (Lipinski definition) is 2. The van der Waals surface area contributed by atoms with Crippen LogP contribution < -0.4 is 15.4 Å². The van der Waals surface area contributed by atoms with Gasteiger partial charge < -0.3 is 15.4 Å². The maximum absolute atomic E-state index is 10.2. The zero-order valence-corrected chi connectivity index (χ0v) is 28.9. The molecule has 46 heavy (non-hydrogen) atoms. The first-order valence-electron chi connectivity index (χ1n) is 16.7. The highest BCUT2D eigenvalue weighted by atomic mass is 16.5. The first kappa shape index (κ1) is 33.3. The fourth-order valence-electron chi connectivity index (χ4n) is 7.27. The minimum absolute atomic E-state index is 0.0168. The highest BCUT2D eigenvalue weighted by Crippen LogP contribution is 2.43. The van der Waals surface area contributed by atoms with Crippen molar-refractivity contribution in [3.05, 3.63) is 82.3 Å². The van der Waals surface area contributed by atoms with E-state index in [1.807, 2.05) is 18.3 Å². The van der Waals surface area contributed by atoms with E-state index in [4.69, 9.17) is 4.74 Å². The van der Waals surface area contributed by atoms with Gasteiger partial charge in [-0.1, -0.05) is 73.1 Å². The van der Waals surface area contributed by atoms with Crippen LogP contribution in [-0.2, 0) is 17.4 Å². The van der Waals surface area contributed by atoms with E-state index in [0.717, 1.165) is 47.3 Å². The molecule has 4 heterocycles. The van der Waals surface area contributed by atoms with Gasteiger partial charge in [0.1, 0.15) is 23.7 Å². The number of hydrogen-bond acceptors (Lipinski definition) is 7. The molecule has 2 aromatic carbocycles. The Hall–Kier alpha value is -4.07. The van der Waals surface area contributed by atoms with E-state index in [9.17, 15) is 10.5 Å². The smallest absolute Gasteiger partial charge is 0.169 e. The van der Waals surface area contributed by atoms with E-state index in [2.05, 4.69) is 111 Å². The number of allylic oxidation sites excluding steroid dienone is 1. The summed E-state index contributed by atoms with van der Waals surface area (Å²) < 4.78 is 5.62. The second-order valence-electron chi connectivity index (χ2n) is 15.2. The lowest BCUT2D eigenvalue weighted by atomic mass is 9.72. The molecule has 7 nitrogen and oxygen atoms in total. The number of methoxy groups -OCH3 is 1. The van der Waals surface area contributed by atoms with Gasteiger partial charge in [-0.05, 0) is 88.6 Å². The van der Waals surface area contributed by atoms with Crippen LogP contribution in [0.25, 0.3) is 10.9 Å². The van der Waals surface area contributed by atoms with Crippen molar-refractivity contribution < 1.29 is 4.74 Å². The molecule has 6 rings (SSSR count). The summed E-state index contributed by atoms with van der Waals surface area (Å²) in [6, 6.07) is 19.2. The highest BCUT2D eigenvalue weighted by Gasteiger charge is 2.43. The standard InChI is InChI=1S/C39H50N6O/c1-9-26-24-45-15-13-27(26)18-35(45)36(32-12-14-42-34-11-10-31(46-8)20-33(32)34)44-37(28(21-40)22-41)43-23-25-16-29(38(2,3)4)19-30(17-25)39(5,6)7/h10-12,14,16-17,19-20,26-27,35-36,43-44H,9,13,15,18,23-24H2,1-8H3/t26?,27?,35-,36-/m0/s1. The van der Waals surface area contributed by atoms with Crippen molar-refractivity contribution in [2.75, 3.05) is 20.2 Å². The fourth-order valence-corrected chi connectivity index (χ4v) is 7.27. The maximum Gasteiger partial charge on any atom is 0.169 e. The van der Waals surface area contributed by atoms with E-state index in [1.54, 1.807) is 7.11 Å². The zero-order chi connectivity index (χ0) is 33.2. The molecule has 3 aliphatic heterocycles. The molecule has 3 saturated heterocycles. The number of nitrogens with zero attached hydrogens (tertiary/aromatic N) is 4. The number of rotatable bonds is 9. The molecule has 3 unspecified atom stereocenters. The molecule has 0 radical (unpaired) electrons. The highest BCUT2D eigenvalue weighted by molar-refractivity contribution is 5.84. The average Bonchev–Trinajstić information content (AvgIpc) is 3.04. The van der Waals surface area contributed by atoms with Crippen LogP contribution in [0.1, 0.15) is 96.0 Å². The Kier molecular flexibility index (Phi) is 9.66. The lowest BCUT2D eigenvalue weighted by Gasteiger charge is -2.52. The molecule has 0 saturated carbocycles. The van der Waals surface area contributed by atoms with Crippen molar-refractivity contribution in [2.45, 2.75) is 97.2 Å². The topological polar surface area (TPSA) is 97.0 Å². The fraction of sp³-hybridized carbons (Fsp3) is 0.513. The lowest BCUT2D eigenvalue weighted by Crippen LogP contribution is -2.57. The van der Waals surface area contributed by atoms with Gasteiger partial charge in [0, 0.05) is 30.7 Å². The number of benzene rings is 2. The Morgan fingerprint density at radius 1 is 1.02 bits per heavy atom. The molecule has 3 aromatic rings. The number of fused-ring (bicyclic) bond motifs is 4. The van der Waals surface area contributed by atoms with Gasteiger partial charge in [-0.3, -0.25) is 9.88 Å². The Morgan fingerprint density at radius 2 is 1.72 bits per heavy atom. The molecular weight excluding hydrogens is 568 g/mol. The summed E-state index contributed by atoms with van der Waals surface area (Å²) in [6.45, 7) is 18.3. The van der Waals surface area contributed by atoms with Crippen molar-refractivity contribution >= 4 is 10.9 Å². The number of pyridine rings is 1. The van der Waals surface area contributed by atoms with E-state index < -0.39 is 0 Å². The monoisotopic (exact) mass is 618 g/mol. The summed E-state index contributed by atoms with van der Waals surface area (Å²) in [6.07, 6.45) is 5.33. The van der Waals surface area contributed by atoms with E-state index in [0.29, 0.717) is 24.2 Å². The Labute approximate surface area is 275 Å². The minimum atomic E-state index is -0.177. The quantitative estimate of drug-likeness (QED) is 0.238. The Balaban J connectivity index is 1.57. The van der Waals surface area contributed by atoms with Crippen molar-refractivity contribution in [1.29, 1.82) is 10.5 Å². The van der Waals surface area contributed by atoms with Crippen molar-refractivity contribution in [3.63, 3.8) is 0 Å². The van der Waals surface area contributed by atoms with Crippen LogP contribution in [0, 0.1) is 34.5 Å². The van der Waals surface area contributed by atoms with E-state index in [-0.39, 0.29) is 28.5 Å². The molecule has 3 aliphatic rings. The molecule has 242 valence electrons. The van der Waals surface area contributed by atoms with Crippen LogP contribution in [0.3, 0.4) is 0 Å². The van der Waals surface area contributed by atoms with Gasteiger partial charge in [-0.15, -0.1) is 0 Å². The molecule has 0 amide bonds. The SMILES string of the molecule is CCC1CN2CCC1C[C@H]2[C@@H](NC(NCc1cc(C(C)(C)C)cc(C(C)(C)C)c1)=C(C#N)C#N)c1ccnc2ccc(OC)cc12. The van der Waals surface area contributed by atoms with Crippen LogP contribution in [-0.4, -0.2) is 36.1 Å². The van der Waals surface area contributed by atoms with E-state index >= 15 is 0 Å². The summed E-state index contributed by atoms with van der Waals surface area (Å²) >= 11 is 0. The predicted molar refractivity (Wildman–Crippen MR) is 185 cm³/mol. The number of ether oxygens (including phenoxy) is 1. The van der Waals surface area contributed by atoms with Crippen LogP contribution in [0.5, 0.6) is 5.75 Å². The number of aromatic nitrogens is 1. The van der Waals surface area contributed by atoms with Gasteiger partial charge in [0.2, 0.25) is 0 Å². The van der Waals surface area contributed by atoms with E-state index in [1.165, 1.54) is 24.0 Å². The lowest BCUT2D eigenvalue weighted by molar-refractivity contribution is -0.0149. The average molecular weight is 619 g/mol. The molecule has 2 bridgehead atoms. The molecule has 0 spiro atoms. The molecule has 3 fully saturated rings. The Morgan fingerprint density at radius 3 is 2.28 bits per heavy atom. The molecule has 7 heteroatoms. The molecule has 0 aliphatic carbocycles. The van der Waals surface area contributed by atoms with Crippen LogP contribution in [0.15, 0.2) is 60.1 Å². The van der Waals surface area contributed by atoms with Gasteiger partial charge in [-0.2, -0.15) is 10.5 Å². The molecule has 2 N–H and O–H groups in total. The third kappa shape index (κ3) is 7.01. The first-order chi connectivity index (χ1) is 21.9. The summed E-state index contributed by atoms with van der Waals surface area (Å²) in [7, 11) is 1.68.